The fraction of sp³-hybridized carbons (Fsp3) is 0.0455. The molecule has 0 aliphatic carbocycles. The van der Waals surface area contributed by atoms with Crippen molar-refractivity contribution < 1.29 is 17.6 Å². The number of fused-ring (bicyclic) bond motifs is 1. The van der Waals surface area contributed by atoms with Gasteiger partial charge in [-0.15, -0.1) is 4.40 Å². The summed E-state index contributed by atoms with van der Waals surface area (Å²) in [6, 6.07) is 24.7. The van der Waals surface area contributed by atoms with Gasteiger partial charge in [0.1, 0.15) is 11.3 Å². The molecule has 0 aliphatic rings. The predicted molar refractivity (Wildman–Crippen MR) is 107 cm³/mol. The quantitative estimate of drug-likeness (QED) is 0.517. The van der Waals surface area contributed by atoms with E-state index in [1.807, 2.05) is 36.4 Å². The zero-order valence-corrected chi connectivity index (χ0v) is 15.9. The smallest absolute Gasteiger partial charge is 0.285 e. The first kappa shape index (κ1) is 18.0. The fourth-order valence-electron chi connectivity index (χ4n) is 2.87. The van der Waals surface area contributed by atoms with Crippen LogP contribution in [0.2, 0.25) is 0 Å². The second-order valence-corrected chi connectivity index (χ2v) is 7.72. The lowest BCUT2D eigenvalue weighted by Gasteiger charge is -2.06. The molecular formula is C22H17NO4S. The van der Waals surface area contributed by atoms with Crippen molar-refractivity contribution in [3.63, 3.8) is 0 Å². The summed E-state index contributed by atoms with van der Waals surface area (Å²) in [7, 11) is -2.33. The second kappa shape index (κ2) is 7.32. The van der Waals surface area contributed by atoms with E-state index in [0.717, 1.165) is 10.9 Å². The monoisotopic (exact) mass is 391 g/mol. The largest absolute Gasteiger partial charge is 0.497 e. The molecule has 0 amide bonds. The first-order chi connectivity index (χ1) is 13.6. The van der Waals surface area contributed by atoms with Crippen LogP contribution in [0.4, 0.5) is 0 Å². The molecule has 0 spiro atoms. The van der Waals surface area contributed by atoms with Crippen molar-refractivity contribution in [1.82, 2.24) is 0 Å². The zero-order valence-electron chi connectivity index (χ0n) is 15.1. The molecule has 0 bridgehead atoms. The van der Waals surface area contributed by atoms with Crippen LogP contribution >= 0.6 is 0 Å². The molecule has 0 atom stereocenters. The average Bonchev–Trinajstić information content (AvgIpc) is 2.74. The first-order valence-electron chi connectivity index (χ1n) is 8.60. The molecule has 0 saturated carbocycles. The van der Waals surface area contributed by atoms with Gasteiger partial charge >= 0.3 is 0 Å². The van der Waals surface area contributed by atoms with Crippen LogP contribution in [0.1, 0.15) is 0 Å². The van der Waals surface area contributed by atoms with Gasteiger partial charge in [0.15, 0.2) is 0 Å². The Morgan fingerprint density at radius 1 is 0.857 bits per heavy atom. The van der Waals surface area contributed by atoms with Crippen LogP contribution in [-0.2, 0) is 10.0 Å². The molecule has 28 heavy (non-hydrogen) atoms. The molecule has 0 unspecified atom stereocenters. The maximum absolute atomic E-state index is 12.8. The Hall–Kier alpha value is -3.38. The maximum Gasteiger partial charge on any atom is 0.285 e. The summed E-state index contributed by atoms with van der Waals surface area (Å²) in [5.41, 5.74) is 1.95. The molecular weight excluding hydrogens is 374 g/mol. The fourth-order valence-corrected chi connectivity index (χ4v) is 3.83. The number of ether oxygens (including phenoxy) is 1. The van der Waals surface area contributed by atoms with E-state index in [2.05, 4.69) is 4.40 Å². The number of sulfonamides is 1. The Labute approximate surface area is 162 Å². The van der Waals surface area contributed by atoms with Gasteiger partial charge in [-0.3, -0.25) is 0 Å². The molecule has 0 aliphatic heterocycles. The summed E-state index contributed by atoms with van der Waals surface area (Å²) in [6.07, 6.45) is 0. The summed E-state index contributed by atoms with van der Waals surface area (Å²) < 4.78 is 40.6. The Balaban J connectivity index is 1.98. The third-order valence-electron chi connectivity index (χ3n) is 4.30. The minimum atomic E-state index is -3.92. The number of hydrogen-bond acceptors (Lipinski definition) is 4. The number of benzene rings is 3. The van der Waals surface area contributed by atoms with E-state index in [0.29, 0.717) is 16.9 Å². The molecule has 1 aromatic heterocycles. The molecule has 1 heterocycles. The van der Waals surface area contributed by atoms with Gasteiger partial charge in [0, 0.05) is 10.9 Å². The Morgan fingerprint density at radius 3 is 2.25 bits per heavy atom. The number of hydrogen-bond donors (Lipinski definition) is 0. The van der Waals surface area contributed by atoms with Crippen LogP contribution < -0.4 is 10.3 Å². The van der Waals surface area contributed by atoms with Crippen LogP contribution in [-0.4, -0.2) is 15.5 Å². The SMILES string of the molecule is COc1ccc(-c2cc3ccccc3o/c2=N\S(=O)(=O)c2ccccc2)cc1. The third kappa shape index (κ3) is 3.54. The highest BCUT2D eigenvalue weighted by Crippen LogP contribution is 2.24. The summed E-state index contributed by atoms with van der Waals surface area (Å²) in [5.74, 6) is 0.705. The minimum absolute atomic E-state index is 0.0349. The molecule has 4 aromatic rings. The lowest BCUT2D eigenvalue weighted by molar-refractivity contribution is 0.415. The van der Waals surface area contributed by atoms with E-state index in [-0.39, 0.29) is 10.4 Å². The van der Waals surface area contributed by atoms with Crippen molar-refractivity contribution in [2.45, 2.75) is 4.90 Å². The maximum atomic E-state index is 12.8. The molecule has 0 saturated heterocycles. The lowest BCUT2D eigenvalue weighted by Crippen LogP contribution is -2.10. The van der Waals surface area contributed by atoms with E-state index in [4.69, 9.17) is 9.15 Å². The molecule has 0 N–H and O–H groups in total. The molecule has 4 rings (SSSR count). The molecule has 140 valence electrons. The van der Waals surface area contributed by atoms with E-state index >= 15 is 0 Å². The van der Waals surface area contributed by atoms with E-state index in [1.165, 1.54) is 12.1 Å². The van der Waals surface area contributed by atoms with Crippen molar-refractivity contribution in [3.05, 3.63) is 90.5 Å². The van der Waals surface area contributed by atoms with Crippen molar-refractivity contribution >= 4 is 21.0 Å². The van der Waals surface area contributed by atoms with Gasteiger partial charge in [-0.05, 0) is 42.0 Å². The van der Waals surface area contributed by atoms with Gasteiger partial charge in [-0.25, -0.2) is 0 Å². The normalized spacial score (nSPS) is 12.2. The molecule has 0 fully saturated rings. The van der Waals surface area contributed by atoms with Gasteiger partial charge < -0.3 is 9.15 Å². The summed E-state index contributed by atoms with van der Waals surface area (Å²) in [4.78, 5) is 0.110. The van der Waals surface area contributed by atoms with Crippen LogP contribution in [0, 0.1) is 0 Å². The summed E-state index contributed by atoms with van der Waals surface area (Å²) >= 11 is 0. The average molecular weight is 391 g/mol. The van der Waals surface area contributed by atoms with Crippen LogP contribution in [0.15, 0.2) is 98.6 Å². The second-order valence-electron chi connectivity index (χ2n) is 6.11. The van der Waals surface area contributed by atoms with E-state index in [1.54, 1.807) is 43.5 Å². The molecule has 3 aromatic carbocycles. The van der Waals surface area contributed by atoms with Crippen molar-refractivity contribution in [3.8, 4) is 16.9 Å². The molecule has 5 nitrogen and oxygen atoms in total. The highest BCUT2D eigenvalue weighted by atomic mass is 32.2. The van der Waals surface area contributed by atoms with Crippen LogP contribution in [0.5, 0.6) is 5.75 Å². The van der Waals surface area contributed by atoms with Gasteiger partial charge in [0.25, 0.3) is 10.0 Å². The summed E-state index contributed by atoms with van der Waals surface area (Å²) in [5, 5.41) is 0.851. The van der Waals surface area contributed by atoms with E-state index < -0.39 is 10.0 Å². The first-order valence-corrected chi connectivity index (χ1v) is 10.0. The van der Waals surface area contributed by atoms with Crippen LogP contribution in [0.25, 0.3) is 22.1 Å². The standard InChI is InChI=1S/C22H17NO4S/c1-26-18-13-11-16(12-14-18)20-15-17-7-5-6-10-21(17)27-22(20)23-28(24,25)19-8-3-2-4-9-19/h2-15H,1H3/b23-22-. The number of rotatable bonds is 4. The van der Waals surface area contributed by atoms with Gasteiger partial charge in [0.05, 0.1) is 12.0 Å². The molecule has 6 heteroatoms. The zero-order chi connectivity index (χ0) is 19.6. The van der Waals surface area contributed by atoms with Gasteiger partial charge in [-0.2, -0.15) is 8.42 Å². The Kier molecular flexibility index (Phi) is 4.71. The molecule has 0 radical (unpaired) electrons. The van der Waals surface area contributed by atoms with Gasteiger partial charge in [0.2, 0.25) is 5.55 Å². The minimum Gasteiger partial charge on any atom is -0.497 e. The Bertz CT molecular complexity index is 1290. The lowest BCUT2D eigenvalue weighted by atomic mass is 10.1. The predicted octanol–water partition coefficient (Wildman–Crippen LogP) is 4.40. The van der Waals surface area contributed by atoms with Crippen molar-refractivity contribution in [1.29, 1.82) is 0 Å². The summed E-state index contributed by atoms with van der Waals surface area (Å²) in [6.45, 7) is 0. The topological polar surface area (TPSA) is 68.9 Å². The van der Waals surface area contributed by atoms with E-state index in [9.17, 15) is 8.42 Å². The highest BCUT2D eigenvalue weighted by Gasteiger charge is 2.15. The highest BCUT2D eigenvalue weighted by molar-refractivity contribution is 7.90. The Morgan fingerprint density at radius 2 is 1.54 bits per heavy atom. The van der Waals surface area contributed by atoms with Crippen LogP contribution in [0.3, 0.4) is 0 Å². The van der Waals surface area contributed by atoms with Gasteiger partial charge in [-0.1, -0.05) is 48.5 Å². The number of nitrogens with zero attached hydrogens (tertiary/aromatic N) is 1. The number of para-hydroxylation sites is 1. The van der Waals surface area contributed by atoms with Crippen molar-refractivity contribution in [2.75, 3.05) is 7.11 Å². The van der Waals surface area contributed by atoms with Crippen molar-refractivity contribution in [2.24, 2.45) is 4.40 Å². The number of methoxy groups -OCH3 is 1. The third-order valence-corrected chi connectivity index (χ3v) is 5.58.